The van der Waals surface area contributed by atoms with Crippen LogP contribution in [0.2, 0.25) is 0 Å². The zero-order valence-electron chi connectivity index (χ0n) is 19.5. The molecule has 166 valence electrons. The number of ether oxygens (including phenoxy) is 1. The summed E-state index contributed by atoms with van der Waals surface area (Å²) in [4.78, 5) is 7.78. The van der Waals surface area contributed by atoms with Gasteiger partial charge in [0.15, 0.2) is 0 Å². The van der Waals surface area contributed by atoms with Crippen molar-refractivity contribution in [3.8, 4) is 0 Å². The lowest BCUT2D eigenvalue weighted by Crippen LogP contribution is -2.47. The zero-order chi connectivity index (χ0) is 21.0. The van der Waals surface area contributed by atoms with E-state index in [9.17, 15) is 0 Å². The van der Waals surface area contributed by atoms with E-state index in [-0.39, 0.29) is 0 Å². The van der Waals surface area contributed by atoms with Crippen molar-refractivity contribution < 1.29 is 4.74 Å². The predicted molar refractivity (Wildman–Crippen MR) is 129 cm³/mol. The molecule has 0 atom stereocenters. The Morgan fingerprint density at radius 2 is 1.73 bits per heavy atom. The van der Waals surface area contributed by atoms with E-state index in [1.54, 1.807) is 5.57 Å². The Bertz CT molecular complexity index is 728. The quantitative estimate of drug-likeness (QED) is 0.653. The SMILES string of the molecule is CCCCN1CCN(c2ccc(N3CCOCC3)cc2C2=CCC(C)(C)CC2)CC1. The lowest BCUT2D eigenvalue weighted by atomic mass is 9.76. The summed E-state index contributed by atoms with van der Waals surface area (Å²) >= 11 is 0. The van der Waals surface area contributed by atoms with E-state index in [2.05, 4.69) is 59.7 Å². The Balaban J connectivity index is 1.57. The van der Waals surface area contributed by atoms with Crippen LogP contribution in [0.15, 0.2) is 24.3 Å². The molecule has 0 spiro atoms. The van der Waals surface area contributed by atoms with E-state index in [0.717, 1.165) is 39.4 Å². The Morgan fingerprint density at radius 3 is 2.40 bits per heavy atom. The van der Waals surface area contributed by atoms with Gasteiger partial charge < -0.3 is 14.5 Å². The normalized spacial score (nSPS) is 22.8. The Hall–Kier alpha value is -1.52. The topological polar surface area (TPSA) is 19.0 Å². The molecule has 0 unspecified atom stereocenters. The van der Waals surface area contributed by atoms with Gasteiger partial charge in [-0.1, -0.05) is 33.3 Å². The van der Waals surface area contributed by atoms with E-state index in [4.69, 9.17) is 4.74 Å². The highest BCUT2D eigenvalue weighted by Gasteiger charge is 2.26. The number of nitrogens with zero attached hydrogens (tertiary/aromatic N) is 3. The molecule has 0 aromatic heterocycles. The van der Waals surface area contributed by atoms with Gasteiger partial charge >= 0.3 is 0 Å². The van der Waals surface area contributed by atoms with Crippen molar-refractivity contribution in [1.29, 1.82) is 0 Å². The molecular weight excluding hydrogens is 370 g/mol. The van der Waals surface area contributed by atoms with Gasteiger partial charge in [-0.25, -0.2) is 0 Å². The van der Waals surface area contributed by atoms with Crippen LogP contribution in [-0.4, -0.2) is 63.9 Å². The maximum Gasteiger partial charge on any atom is 0.0642 e. The van der Waals surface area contributed by atoms with Crippen molar-refractivity contribution in [3.63, 3.8) is 0 Å². The fourth-order valence-electron chi connectivity index (χ4n) is 4.99. The van der Waals surface area contributed by atoms with Crippen molar-refractivity contribution in [3.05, 3.63) is 29.8 Å². The van der Waals surface area contributed by atoms with Crippen LogP contribution in [0.4, 0.5) is 11.4 Å². The minimum absolute atomic E-state index is 0.441. The molecule has 2 saturated heterocycles. The van der Waals surface area contributed by atoms with E-state index in [0.29, 0.717) is 5.41 Å². The summed E-state index contributed by atoms with van der Waals surface area (Å²) in [5.74, 6) is 0. The van der Waals surface area contributed by atoms with Crippen LogP contribution in [0, 0.1) is 5.41 Å². The molecule has 2 heterocycles. The summed E-state index contributed by atoms with van der Waals surface area (Å²) in [6.45, 7) is 16.7. The van der Waals surface area contributed by atoms with Gasteiger partial charge in [-0.15, -0.1) is 0 Å². The van der Waals surface area contributed by atoms with Gasteiger partial charge in [-0.2, -0.15) is 0 Å². The number of benzene rings is 1. The fraction of sp³-hybridized carbons (Fsp3) is 0.692. The summed E-state index contributed by atoms with van der Waals surface area (Å²) in [6, 6.07) is 7.23. The van der Waals surface area contributed by atoms with Gasteiger partial charge in [0.1, 0.15) is 0 Å². The van der Waals surface area contributed by atoms with Crippen LogP contribution in [-0.2, 0) is 4.74 Å². The van der Waals surface area contributed by atoms with Crippen LogP contribution >= 0.6 is 0 Å². The van der Waals surface area contributed by atoms with Gasteiger partial charge in [0.25, 0.3) is 0 Å². The number of allylic oxidation sites excluding steroid dienone is 2. The summed E-state index contributed by atoms with van der Waals surface area (Å²) in [7, 11) is 0. The fourth-order valence-corrected chi connectivity index (χ4v) is 4.99. The third-order valence-corrected chi connectivity index (χ3v) is 7.22. The molecule has 4 heteroatoms. The minimum atomic E-state index is 0.441. The Morgan fingerprint density at radius 1 is 0.967 bits per heavy atom. The molecule has 0 bridgehead atoms. The van der Waals surface area contributed by atoms with Gasteiger partial charge in [0.2, 0.25) is 0 Å². The molecule has 2 fully saturated rings. The molecule has 30 heavy (non-hydrogen) atoms. The van der Waals surface area contributed by atoms with Gasteiger partial charge in [0.05, 0.1) is 13.2 Å². The second-order valence-electron chi connectivity index (χ2n) is 10.1. The first-order chi connectivity index (χ1) is 14.6. The molecule has 0 radical (unpaired) electrons. The third-order valence-electron chi connectivity index (χ3n) is 7.22. The lowest BCUT2D eigenvalue weighted by Gasteiger charge is -2.38. The monoisotopic (exact) mass is 411 g/mol. The number of morpholine rings is 1. The summed E-state index contributed by atoms with van der Waals surface area (Å²) in [5, 5.41) is 0. The average molecular weight is 412 g/mol. The first kappa shape index (κ1) is 21.7. The maximum atomic E-state index is 5.58. The highest BCUT2D eigenvalue weighted by Crippen LogP contribution is 2.42. The first-order valence-electron chi connectivity index (χ1n) is 12.2. The van der Waals surface area contributed by atoms with E-state index in [1.807, 2.05) is 0 Å². The second-order valence-corrected chi connectivity index (χ2v) is 10.1. The molecule has 1 aliphatic carbocycles. The van der Waals surface area contributed by atoms with Crippen molar-refractivity contribution in [2.24, 2.45) is 5.41 Å². The lowest BCUT2D eigenvalue weighted by molar-refractivity contribution is 0.122. The van der Waals surface area contributed by atoms with Crippen molar-refractivity contribution in [1.82, 2.24) is 4.90 Å². The number of rotatable bonds is 6. The number of hydrogen-bond donors (Lipinski definition) is 0. The standard InChI is InChI=1S/C26H41N3O/c1-4-5-12-27-13-15-29(16-14-27)25-7-6-23(28-17-19-30-20-18-28)21-24(25)22-8-10-26(2,3)11-9-22/h6-8,21H,4-5,9-20H2,1-3H3. The smallest absolute Gasteiger partial charge is 0.0642 e. The molecule has 0 saturated carbocycles. The number of unbranched alkanes of at least 4 members (excludes halogenated alkanes) is 1. The van der Waals surface area contributed by atoms with Gasteiger partial charge in [-0.05, 0) is 61.4 Å². The highest BCUT2D eigenvalue weighted by molar-refractivity contribution is 5.80. The number of piperazine rings is 1. The molecule has 0 amide bonds. The molecule has 0 N–H and O–H groups in total. The van der Waals surface area contributed by atoms with Crippen LogP contribution in [0.25, 0.3) is 5.57 Å². The first-order valence-corrected chi connectivity index (χ1v) is 12.2. The Kier molecular flexibility index (Phi) is 7.05. The summed E-state index contributed by atoms with van der Waals surface area (Å²) < 4.78 is 5.58. The second kappa shape index (κ2) is 9.74. The molecule has 4 rings (SSSR count). The van der Waals surface area contributed by atoms with Crippen LogP contribution in [0.3, 0.4) is 0 Å². The zero-order valence-corrected chi connectivity index (χ0v) is 19.5. The number of hydrogen-bond acceptors (Lipinski definition) is 4. The molecule has 3 aliphatic rings. The molecule has 1 aromatic rings. The molecular formula is C26H41N3O. The summed E-state index contributed by atoms with van der Waals surface area (Å²) in [5.41, 5.74) is 6.30. The van der Waals surface area contributed by atoms with E-state index >= 15 is 0 Å². The molecule has 2 aliphatic heterocycles. The van der Waals surface area contributed by atoms with Crippen LogP contribution in [0.5, 0.6) is 0 Å². The molecule has 4 nitrogen and oxygen atoms in total. The van der Waals surface area contributed by atoms with Gasteiger partial charge in [-0.3, -0.25) is 4.90 Å². The van der Waals surface area contributed by atoms with Crippen molar-refractivity contribution >= 4 is 16.9 Å². The van der Waals surface area contributed by atoms with Crippen molar-refractivity contribution in [2.75, 3.05) is 68.8 Å². The summed E-state index contributed by atoms with van der Waals surface area (Å²) in [6.07, 6.45) is 8.81. The number of anilines is 2. The van der Waals surface area contributed by atoms with E-state index < -0.39 is 0 Å². The predicted octanol–water partition coefficient (Wildman–Crippen LogP) is 5.04. The van der Waals surface area contributed by atoms with Crippen LogP contribution in [0.1, 0.15) is 58.4 Å². The minimum Gasteiger partial charge on any atom is -0.378 e. The van der Waals surface area contributed by atoms with Gasteiger partial charge in [0, 0.05) is 56.2 Å². The van der Waals surface area contributed by atoms with E-state index in [1.165, 1.54) is 68.7 Å². The maximum absolute atomic E-state index is 5.58. The Labute approximate surface area is 183 Å². The highest BCUT2D eigenvalue weighted by atomic mass is 16.5. The average Bonchev–Trinajstić information content (AvgIpc) is 2.78. The molecule has 1 aromatic carbocycles. The largest absolute Gasteiger partial charge is 0.378 e. The van der Waals surface area contributed by atoms with Crippen molar-refractivity contribution in [2.45, 2.75) is 52.9 Å². The third kappa shape index (κ3) is 5.20. The van der Waals surface area contributed by atoms with Crippen LogP contribution < -0.4 is 9.80 Å².